The lowest BCUT2D eigenvalue weighted by Gasteiger charge is -2.20. The maximum absolute atomic E-state index is 11.9. The summed E-state index contributed by atoms with van der Waals surface area (Å²) in [5.41, 5.74) is 3.16. The first kappa shape index (κ1) is 23.0. The van der Waals surface area contributed by atoms with E-state index in [9.17, 15) is 9.90 Å². The van der Waals surface area contributed by atoms with E-state index in [2.05, 4.69) is 6.07 Å². The molecule has 6 heteroatoms. The Morgan fingerprint density at radius 1 is 0.818 bits per heavy atom. The van der Waals surface area contributed by atoms with Gasteiger partial charge in [0.1, 0.15) is 17.2 Å². The van der Waals surface area contributed by atoms with Crippen LogP contribution in [0.1, 0.15) is 42.1 Å². The number of aliphatic carboxylic acids is 1. The number of rotatable bonds is 10. The van der Waals surface area contributed by atoms with Crippen LogP contribution in [0.4, 0.5) is 0 Å². The number of carbonyl (C=O) groups is 1. The molecule has 1 atom stereocenters. The van der Waals surface area contributed by atoms with E-state index in [0.29, 0.717) is 41.7 Å². The molecule has 0 spiro atoms. The van der Waals surface area contributed by atoms with Gasteiger partial charge in [0.15, 0.2) is 0 Å². The molecule has 1 unspecified atom stereocenters. The number of aryl methyl sites for hydroxylation is 2. The molecule has 0 saturated heterocycles. The van der Waals surface area contributed by atoms with Crippen molar-refractivity contribution < 1.29 is 24.1 Å². The van der Waals surface area contributed by atoms with Gasteiger partial charge in [-0.3, -0.25) is 0 Å². The van der Waals surface area contributed by atoms with Crippen LogP contribution in [0.3, 0.4) is 0 Å². The first-order chi connectivity index (χ1) is 16.1. The largest absolute Gasteiger partial charge is 0.493 e. The van der Waals surface area contributed by atoms with Crippen LogP contribution in [-0.2, 0) is 17.6 Å². The summed E-state index contributed by atoms with van der Waals surface area (Å²) in [4.78, 5) is 11.9. The summed E-state index contributed by atoms with van der Waals surface area (Å²) in [6.07, 6.45) is 4.09. The van der Waals surface area contributed by atoms with Gasteiger partial charge in [-0.1, -0.05) is 29.8 Å². The summed E-state index contributed by atoms with van der Waals surface area (Å²) < 4.78 is 17.3. The topological polar surface area (TPSA) is 65.0 Å². The third-order valence-electron chi connectivity index (χ3n) is 5.62. The van der Waals surface area contributed by atoms with Crippen molar-refractivity contribution in [1.29, 1.82) is 0 Å². The Hall–Kier alpha value is -3.18. The first-order valence-corrected chi connectivity index (χ1v) is 11.6. The fourth-order valence-electron chi connectivity index (χ4n) is 3.89. The zero-order chi connectivity index (χ0) is 23.0. The lowest BCUT2D eigenvalue weighted by molar-refractivity contribution is -0.145. The van der Waals surface area contributed by atoms with Crippen LogP contribution in [-0.4, -0.2) is 24.3 Å². The number of carboxylic acids is 1. The highest BCUT2D eigenvalue weighted by molar-refractivity contribution is 6.30. The first-order valence-electron chi connectivity index (χ1n) is 11.2. The molecule has 0 amide bonds. The van der Waals surface area contributed by atoms with Crippen LogP contribution >= 0.6 is 11.6 Å². The SMILES string of the molecule is O=C(O)C(Oc1ccc2c(c1)CCCC2)c1ccc(OCCCOc2ccc(Cl)cc2)cc1. The van der Waals surface area contributed by atoms with Gasteiger partial charge in [-0.25, -0.2) is 4.79 Å². The third kappa shape index (κ3) is 6.42. The van der Waals surface area contributed by atoms with Crippen molar-refractivity contribution >= 4 is 17.6 Å². The van der Waals surface area contributed by atoms with E-state index in [1.54, 1.807) is 36.4 Å². The molecule has 0 saturated carbocycles. The molecule has 1 aliphatic carbocycles. The lowest BCUT2D eigenvalue weighted by Crippen LogP contribution is -2.18. The number of ether oxygens (including phenoxy) is 3. The molecule has 0 aliphatic heterocycles. The molecule has 172 valence electrons. The molecule has 0 aromatic heterocycles. The molecule has 0 fully saturated rings. The summed E-state index contributed by atoms with van der Waals surface area (Å²) >= 11 is 5.86. The highest BCUT2D eigenvalue weighted by Crippen LogP contribution is 2.29. The van der Waals surface area contributed by atoms with Gasteiger partial charge in [-0.2, -0.15) is 0 Å². The van der Waals surface area contributed by atoms with E-state index in [1.807, 2.05) is 24.3 Å². The summed E-state index contributed by atoms with van der Waals surface area (Å²) in [7, 11) is 0. The molecule has 0 heterocycles. The molecule has 0 bridgehead atoms. The number of carboxylic acid groups (broad SMARTS) is 1. The van der Waals surface area contributed by atoms with E-state index >= 15 is 0 Å². The zero-order valence-electron chi connectivity index (χ0n) is 18.3. The monoisotopic (exact) mass is 466 g/mol. The van der Waals surface area contributed by atoms with Crippen molar-refractivity contribution in [2.24, 2.45) is 0 Å². The van der Waals surface area contributed by atoms with Crippen LogP contribution in [0.15, 0.2) is 66.7 Å². The van der Waals surface area contributed by atoms with Gasteiger partial charge in [0.05, 0.1) is 13.2 Å². The van der Waals surface area contributed by atoms with Crippen molar-refractivity contribution in [2.45, 2.75) is 38.2 Å². The molecule has 3 aromatic rings. The predicted molar refractivity (Wildman–Crippen MR) is 128 cm³/mol. The normalized spacial score (nSPS) is 13.6. The fourth-order valence-corrected chi connectivity index (χ4v) is 4.01. The standard InChI is InChI=1S/C27H27ClO5/c28-22-9-14-24(15-10-22)32-17-3-16-31-23-11-7-20(8-12-23)26(27(29)30)33-25-13-6-19-4-1-2-5-21(19)18-25/h6-15,18,26H,1-5,16-17H2,(H,29,30). The van der Waals surface area contributed by atoms with Crippen molar-refractivity contribution in [1.82, 2.24) is 0 Å². The lowest BCUT2D eigenvalue weighted by atomic mass is 9.92. The molecular formula is C27H27ClO5. The highest BCUT2D eigenvalue weighted by Gasteiger charge is 2.22. The number of hydrogen-bond acceptors (Lipinski definition) is 4. The number of fused-ring (bicyclic) bond motifs is 1. The van der Waals surface area contributed by atoms with Crippen LogP contribution in [0, 0.1) is 0 Å². The van der Waals surface area contributed by atoms with Crippen molar-refractivity contribution in [3.05, 3.63) is 88.4 Å². The summed E-state index contributed by atoms with van der Waals surface area (Å²) in [5, 5.41) is 10.4. The van der Waals surface area contributed by atoms with Gasteiger partial charge in [-0.15, -0.1) is 0 Å². The Kier molecular flexibility index (Phi) is 7.74. The Bertz CT molecular complexity index is 1060. The van der Waals surface area contributed by atoms with E-state index in [4.69, 9.17) is 25.8 Å². The second kappa shape index (κ2) is 11.1. The minimum Gasteiger partial charge on any atom is -0.493 e. The van der Waals surface area contributed by atoms with Crippen molar-refractivity contribution in [3.8, 4) is 17.2 Å². The van der Waals surface area contributed by atoms with Crippen molar-refractivity contribution in [3.63, 3.8) is 0 Å². The fraction of sp³-hybridized carbons (Fsp3) is 0.296. The average Bonchev–Trinajstić information content (AvgIpc) is 2.84. The minimum absolute atomic E-state index is 0.487. The van der Waals surface area contributed by atoms with E-state index in [1.165, 1.54) is 17.5 Å². The second-order valence-electron chi connectivity index (χ2n) is 8.05. The Morgan fingerprint density at radius 2 is 1.39 bits per heavy atom. The van der Waals surface area contributed by atoms with Crippen LogP contribution < -0.4 is 14.2 Å². The number of hydrogen-bond donors (Lipinski definition) is 1. The summed E-state index contributed by atoms with van der Waals surface area (Å²) in [6, 6.07) is 20.1. The molecule has 1 N–H and O–H groups in total. The Morgan fingerprint density at radius 3 is 2.03 bits per heavy atom. The van der Waals surface area contributed by atoms with Gasteiger partial charge in [0.2, 0.25) is 6.10 Å². The minimum atomic E-state index is -1.08. The zero-order valence-corrected chi connectivity index (χ0v) is 19.1. The Balaban J connectivity index is 1.29. The Labute approximate surface area is 198 Å². The van der Waals surface area contributed by atoms with Gasteiger partial charge < -0.3 is 19.3 Å². The van der Waals surface area contributed by atoms with Gasteiger partial charge in [0.25, 0.3) is 0 Å². The molecule has 0 radical (unpaired) electrons. The van der Waals surface area contributed by atoms with Crippen LogP contribution in [0.5, 0.6) is 17.2 Å². The quantitative estimate of drug-likeness (QED) is 0.356. The predicted octanol–water partition coefficient (Wildman–Crippen LogP) is 6.27. The maximum atomic E-state index is 11.9. The third-order valence-corrected chi connectivity index (χ3v) is 5.87. The summed E-state index contributed by atoms with van der Waals surface area (Å²) in [6.45, 7) is 1.01. The number of benzene rings is 3. The molecule has 1 aliphatic rings. The van der Waals surface area contributed by atoms with E-state index in [0.717, 1.165) is 25.0 Å². The highest BCUT2D eigenvalue weighted by atomic mass is 35.5. The molecule has 4 rings (SSSR count). The summed E-state index contributed by atoms with van der Waals surface area (Å²) in [5.74, 6) is 0.996. The van der Waals surface area contributed by atoms with Crippen molar-refractivity contribution in [2.75, 3.05) is 13.2 Å². The van der Waals surface area contributed by atoms with Crippen LogP contribution in [0.25, 0.3) is 0 Å². The smallest absolute Gasteiger partial charge is 0.349 e. The molecule has 33 heavy (non-hydrogen) atoms. The van der Waals surface area contributed by atoms with E-state index in [-0.39, 0.29) is 0 Å². The number of halogens is 1. The van der Waals surface area contributed by atoms with E-state index < -0.39 is 12.1 Å². The van der Waals surface area contributed by atoms with Gasteiger partial charge in [-0.05, 0) is 85.3 Å². The van der Waals surface area contributed by atoms with Crippen LogP contribution in [0.2, 0.25) is 5.02 Å². The molecule has 5 nitrogen and oxygen atoms in total. The molecule has 3 aromatic carbocycles. The van der Waals surface area contributed by atoms with Gasteiger partial charge >= 0.3 is 5.97 Å². The van der Waals surface area contributed by atoms with Gasteiger partial charge in [0, 0.05) is 17.0 Å². The second-order valence-corrected chi connectivity index (χ2v) is 8.48. The maximum Gasteiger partial charge on any atom is 0.349 e. The molecular weight excluding hydrogens is 440 g/mol. The average molecular weight is 467 g/mol.